The molecule has 0 aliphatic heterocycles. The van der Waals surface area contributed by atoms with Crippen LogP contribution >= 0.6 is 0 Å². The molecule has 1 aromatic carbocycles. The molecule has 9 nitrogen and oxygen atoms in total. The van der Waals surface area contributed by atoms with Crippen LogP contribution < -0.4 is 10.0 Å². The maximum absolute atomic E-state index is 13.3. The second-order valence-corrected chi connectivity index (χ2v) is 9.22. The third-order valence-electron chi connectivity index (χ3n) is 5.66. The maximum Gasteiger partial charge on any atom is 0.416 e. The molecular formula is C20H22F3N5O4S. The molecule has 33 heavy (non-hydrogen) atoms. The number of alkyl halides is 3. The quantitative estimate of drug-likeness (QED) is 0.471. The van der Waals surface area contributed by atoms with Crippen LogP contribution in [-0.4, -0.2) is 47.5 Å². The van der Waals surface area contributed by atoms with Gasteiger partial charge in [0.15, 0.2) is 5.82 Å². The fourth-order valence-corrected chi connectivity index (χ4v) is 4.69. The van der Waals surface area contributed by atoms with Gasteiger partial charge in [-0.1, -0.05) is 18.2 Å². The first-order valence-electron chi connectivity index (χ1n) is 10.1. The molecule has 3 aromatic rings. The Morgan fingerprint density at radius 2 is 2.00 bits per heavy atom. The normalized spacial score (nSPS) is 21.5. The molecule has 0 bridgehead atoms. The number of fused-ring (bicyclic) bond motifs is 1. The zero-order valence-electron chi connectivity index (χ0n) is 17.5. The molecule has 4 rings (SSSR count). The molecule has 3 atom stereocenters. The molecule has 0 amide bonds. The summed E-state index contributed by atoms with van der Waals surface area (Å²) < 4.78 is 72.0. The van der Waals surface area contributed by atoms with Crippen molar-refractivity contribution in [1.29, 1.82) is 0 Å². The Morgan fingerprint density at radius 3 is 2.73 bits per heavy atom. The third-order valence-corrected chi connectivity index (χ3v) is 6.66. The lowest BCUT2D eigenvalue weighted by Crippen LogP contribution is -2.31. The molecule has 2 aromatic heterocycles. The van der Waals surface area contributed by atoms with Gasteiger partial charge in [0, 0.05) is 31.2 Å². The van der Waals surface area contributed by atoms with Gasteiger partial charge >= 0.3 is 16.5 Å². The van der Waals surface area contributed by atoms with Crippen molar-refractivity contribution in [3.63, 3.8) is 0 Å². The summed E-state index contributed by atoms with van der Waals surface area (Å²) in [5, 5.41) is 21.8. The summed E-state index contributed by atoms with van der Waals surface area (Å²) in [5.74, 6) is 0.312. The van der Waals surface area contributed by atoms with E-state index in [1.54, 1.807) is 12.3 Å². The number of aliphatic hydroxyl groups is 1. The van der Waals surface area contributed by atoms with Crippen LogP contribution in [0.2, 0.25) is 0 Å². The number of rotatable bonds is 7. The van der Waals surface area contributed by atoms with Gasteiger partial charge in [-0.2, -0.15) is 31.4 Å². The summed E-state index contributed by atoms with van der Waals surface area (Å²) in [4.78, 5) is 0. The van der Waals surface area contributed by atoms with Gasteiger partial charge in [0.25, 0.3) is 0 Å². The number of halogens is 3. The van der Waals surface area contributed by atoms with Gasteiger partial charge in [-0.05, 0) is 30.5 Å². The van der Waals surface area contributed by atoms with Gasteiger partial charge in [-0.3, -0.25) is 4.18 Å². The van der Waals surface area contributed by atoms with E-state index in [4.69, 9.17) is 4.18 Å². The Balaban J connectivity index is 1.55. The molecule has 3 N–H and O–H groups in total. The molecule has 1 saturated carbocycles. The Kier molecular flexibility index (Phi) is 6.31. The Labute approximate surface area is 187 Å². The van der Waals surface area contributed by atoms with Crippen molar-refractivity contribution < 1.29 is 30.9 Å². The minimum absolute atomic E-state index is 0.0767. The van der Waals surface area contributed by atoms with E-state index in [0.717, 1.165) is 6.07 Å². The van der Waals surface area contributed by atoms with E-state index in [-0.39, 0.29) is 31.0 Å². The molecule has 0 saturated heterocycles. The van der Waals surface area contributed by atoms with Crippen molar-refractivity contribution in [3.8, 4) is 0 Å². The molecule has 1 aliphatic rings. The second kappa shape index (κ2) is 8.89. The minimum Gasteiger partial charge on any atom is -0.390 e. The fraction of sp³-hybridized carbons (Fsp3) is 0.400. The number of anilines is 1. The van der Waals surface area contributed by atoms with E-state index >= 15 is 0 Å². The predicted octanol–water partition coefficient (Wildman–Crippen LogP) is 2.61. The number of hydrogen-bond acceptors (Lipinski definition) is 7. The first-order valence-corrected chi connectivity index (χ1v) is 11.5. The van der Waals surface area contributed by atoms with Crippen LogP contribution in [0.15, 0.2) is 42.7 Å². The third kappa shape index (κ3) is 4.95. The molecule has 13 heteroatoms. The van der Waals surface area contributed by atoms with Gasteiger partial charge in [0.1, 0.15) is 6.10 Å². The molecule has 2 heterocycles. The van der Waals surface area contributed by atoms with E-state index in [9.17, 15) is 26.7 Å². The zero-order valence-corrected chi connectivity index (χ0v) is 18.3. The number of hydrogen-bond donors (Lipinski definition) is 3. The fourth-order valence-electron chi connectivity index (χ4n) is 4.06. The van der Waals surface area contributed by atoms with Crippen LogP contribution in [-0.2, 0) is 27.2 Å². The topological polar surface area (TPSA) is 118 Å². The second-order valence-electron chi connectivity index (χ2n) is 7.71. The van der Waals surface area contributed by atoms with Crippen LogP contribution in [0.1, 0.15) is 30.0 Å². The summed E-state index contributed by atoms with van der Waals surface area (Å²) in [6, 6.07) is 6.77. The van der Waals surface area contributed by atoms with Gasteiger partial charge in [0.2, 0.25) is 0 Å². The molecule has 178 valence electrons. The van der Waals surface area contributed by atoms with Crippen LogP contribution in [0.25, 0.3) is 10.9 Å². The molecule has 0 spiro atoms. The van der Waals surface area contributed by atoms with Crippen molar-refractivity contribution >= 4 is 27.0 Å². The van der Waals surface area contributed by atoms with Crippen LogP contribution in [0.5, 0.6) is 0 Å². The van der Waals surface area contributed by atoms with E-state index in [1.165, 1.54) is 31.4 Å². The molecule has 0 radical (unpaired) electrons. The number of nitrogens with one attached hydrogen (secondary N) is 2. The largest absolute Gasteiger partial charge is 0.416 e. The minimum atomic E-state index is -4.47. The lowest BCUT2D eigenvalue weighted by Gasteiger charge is -2.15. The van der Waals surface area contributed by atoms with E-state index < -0.39 is 34.3 Å². The summed E-state index contributed by atoms with van der Waals surface area (Å²) in [6.07, 6.45) is -2.60. The van der Waals surface area contributed by atoms with Crippen molar-refractivity contribution in [1.82, 2.24) is 19.5 Å². The van der Waals surface area contributed by atoms with Crippen LogP contribution in [0, 0.1) is 0 Å². The number of nitrogens with zero attached hydrogens (tertiary/aromatic N) is 3. The summed E-state index contributed by atoms with van der Waals surface area (Å²) in [5.41, 5.74) is -0.00322. The first kappa shape index (κ1) is 23.4. The Bertz CT molecular complexity index is 1250. The zero-order chi connectivity index (χ0) is 23.8. The molecular weight excluding hydrogens is 463 g/mol. The molecule has 1 fully saturated rings. The van der Waals surface area contributed by atoms with Gasteiger partial charge in [-0.15, -0.1) is 5.10 Å². The predicted molar refractivity (Wildman–Crippen MR) is 113 cm³/mol. The summed E-state index contributed by atoms with van der Waals surface area (Å²) in [7, 11) is -2.74. The highest BCUT2D eigenvalue weighted by Crippen LogP contribution is 2.37. The van der Waals surface area contributed by atoms with Crippen molar-refractivity contribution in [2.75, 3.05) is 12.4 Å². The van der Waals surface area contributed by atoms with E-state index in [1.807, 2.05) is 4.57 Å². The van der Waals surface area contributed by atoms with E-state index in [2.05, 4.69) is 20.2 Å². The first-order chi connectivity index (χ1) is 15.6. The number of benzene rings is 1. The Morgan fingerprint density at radius 1 is 1.24 bits per heavy atom. The summed E-state index contributed by atoms with van der Waals surface area (Å²) in [6.45, 7) is -0.103. The average Bonchev–Trinajstić information content (AvgIpc) is 3.35. The lowest BCUT2D eigenvalue weighted by atomic mass is 10.1. The SMILES string of the molecule is CNS(=O)(=O)O[C@H]1C[C@H](n2ccc3c(NCc4ccccc4C(F)(F)F)nncc32)C[C@@H]1O. The van der Waals surface area contributed by atoms with Gasteiger partial charge < -0.3 is 15.0 Å². The standard InChI is InChI=1S/C20H22F3N5O4S/c1-24-33(30,31)32-18-9-13(8-17(18)29)28-7-6-14-16(28)11-26-27-19(14)25-10-12-4-2-3-5-15(12)20(21,22)23/h2-7,11,13,17-18,24,29H,8-10H2,1H3,(H,25,27)/t13-,17+,18+/m1/s1. The van der Waals surface area contributed by atoms with Gasteiger partial charge in [0.05, 0.1) is 23.4 Å². The number of aromatic nitrogens is 3. The van der Waals surface area contributed by atoms with E-state index in [0.29, 0.717) is 16.7 Å². The van der Waals surface area contributed by atoms with Crippen molar-refractivity contribution in [2.45, 2.75) is 43.8 Å². The average molecular weight is 485 g/mol. The Hall–Kier alpha value is -2.74. The monoisotopic (exact) mass is 485 g/mol. The molecule has 0 unspecified atom stereocenters. The van der Waals surface area contributed by atoms with Crippen molar-refractivity contribution in [3.05, 3.63) is 53.9 Å². The highest BCUT2D eigenvalue weighted by atomic mass is 32.2. The maximum atomic E-state index is 13.3. The van der Waals surface area contributed by atoms with Crippen LogP contribution in [0.4, 0.5) is 19.0 Å². The number of aliphatic hydroxyl groups excluding tert-OH is 1. The highest BCUT2D eigenvalue weighted by Gasteiger charge is 2.38. The van der Waals surface area contributed by atoms with Crippen LogP contribution in [0.3, 0.4) is 0 Å². The van der Waals surface area contributed by atoms with Crippen molar-refractivity contribution in [2.24, 2.45) is 0 Å². The lowest BCUT2D eigenvalue weighted by molar-refractivity contribution is -0.138. The molecule has 1 aliphatic carbocycles. The van der Waals surface area contributed by atoms with Gasteiger partial charge in [-0.25, -0.2) is 0 Å². The highest BCUT2D eigenvalue weighted by molar-refractivity contribution is 7.84. The smallest absolute Gasteiger partial charge is 0.390 e. The summed E-state index contributed by atoms with van der Waals surface area (Å²) >= 11 is 0.